The van der Waals surface area contributed by atoms with Gasteiger partial charge in [0.25, 0.3) is 0 Å². The molecule has 6 N–H and O–H groups in total. The van der Waals surface area contributed by atoms with Crippen molar-refractivity contribution in [2.24, 2.45) is 0 Å². The summed E-state index contributed by atoms with van der Waals surface area (Å²) in [6.07, 6.45) is 30.5. The molecule has 0 radical (unpaired) electrons. The summed E-state index contributed by atoms with van der Waals surface area (Å²) in [5.41, 5.74) is 0. The molecule has 0 aromatic carbocycles. The lowest BCUT2D eigenvalue weighted by atomic mass is 10.1. The Kier molecular flexibility index (Phi) is 47.9. The minimum atomic E-state index is -4.70. The van der Waals surface area contributed by atoms with Gasteiger partial charge in [0.2, 0.25) is 12.6 Å². The van der Waals surface area contributed by atoms with Gasteiger partial charge in [-0.15, -0.1) is 0 Å². The third-order valence-electron chi connectivity index (χ3n) is 9.23. The Balaban J connectivity index is -0.000000731. The van der Waals surface area contributed by atoms with E-state index in [0.29, 0.717) is 19.5 Å². The van der Waals surface area contributed by atoms with Crippen LogP contribution in [0, 0.1) is 0 Å². The molecule has 312 valence electrons. The number of phosphoric acid groups is 1. The number of quaternary nitrogens is 2. The van der Waals surface area contributed by atoms with Gasteiger partial charge in [-0.05, 0) is 57.8 Å². The molecule has 11 heteroatoms. The molecule has 51 heavy (non-hydrogen) atoms. The molecule has 0 atom stereocenters. The first-order valence-corrected chi connectivity index (χ1v) is 23.0. The molecule has 0 unspecified atom stereocenters. The Bertz CT molecular complexity index is 611. The van der Waals surface area contributed by atoms with Crippen LogP contribution in [0.25, 0.3) is 0 Å². The average molecular weight is 757 g/mol. The highest BCUT2D eigenvalue weighted by Crippen LogP contribution is 2.24. The lowest BCUT2D eigenvalue weighted by Crippen LogP contribution is -3.13. The SMILES string of the molecule is CCCCCCCC[NH+](CCCCCCCC)CC(O)O.CCCCCCCC[NH+](CCCCCCCC)CC(O)O.CCCCOP(=O)([O-])[O-]. The summed E-state index contributed by atoms with van der Waals surface area (Å²) < 4.78 is 13.7. The van der Waals surface area contributed by atoms with Crippen LogP contribution in [0.15, 0.2) is 0 Å². The van der Waals surface area contributed by atoms with E-state index in [2.05, 4.69) is 32.2 Å². The van der Waals surface area contributed by atoms with E-state index in [1.807, 2.05) is 6.92 Å². The van der Waals surface area contributed by atoms with Gasteiger partial charge in [0.15, 0.2) is 0 Å². The van der Waals surface area contributed by atoms with Gasteiger partial charge < -0.3 is 49.1 Å². The van der Waals surface area contributed by atoms with Crippen molar-refractivity contribution >= 4 is 7.82 Å². The summed E-state index contributed by atoms with van der Waals surface area (Å²) in [4.78, 5) is 22.3. The second kappa shape index (κ2) is 44.3. The molecule has 0 aliphatic carbocycles. The zero-order valence-corrected chi connectivity index (χ0v) is 35.3. The van der Waals surface area contributed by atoms with Gasteiger partial charge in [0.1, 0.15) is 13.1 Å². The maximum atomic E-state index is 9.76. The fourth-order valence-electron chi connectivity index (χ4n) is 6.12. The minimum absolute atomic E-state index is 0.0147. The predicted molar refractivity (Wildman–Crippen MR) is 210 cm³/mol. The number of hydrogen-bond acceptors (Lipinski definition) is 8. The van der Waals surface area contributed by atoms with E-state index in [1.165, 1.54) is 164 Å². The molecule has 0 bridgehead atoms. The molecule has 0 aromatic rings. The number of nitrogens with one attached hydrogen (secondary N) is 2. The van der Waals surface area contributed by atoms with Crippen LogP contribution < -0.4 is 19.6 Å². The highest BCUT2D eigenvalue weighted by molar-refractivity contribution is 7.43. The Morgan fingerprint density at radius 3 is 0.882 bits per heavy atom. The van der Waals surface area contributed by atoms with Crippen LogP contribution in [-0.4, -0.2) is 78.9 Å². The first kappa shape index (κ1) is 55.2. The third kappa shape index (κ3) is 54.3. The van der Waals surface area contributed by atoms with Crippen molar-refractivity contribution in [2.75, 3.05) is 45.9 Å². The lowest BCUT2D eigenvalue weighted by molar-refractivity contribution is -0.906. The monoisotopic (exact) mass is 757 g/mol. The van der Waals surface area contributed by atoms with E-state index in [-0.39, 0.29) is 6.61 Å². The van der Waals surface area contributed by atoms with Gasteiger partial charge in [-0.2, -0.15) is 0 Å². The molecule has 0 amide bonds. The minimum Gasteiger partial charge on any atom is -0.790 e. The first-order chi connectivity index (χ1) is 24.5. The van der Waals surface area contributed by atoms with E-state index in [4.69, 9.17) is 0 Å². The van der Waals surface area contributed by atoms with E-state index < -0.39 is 20.4 Å². The zero-order valence-electron chi connectivity index (χ0n) is 34.4. The normalized spacial score (nSPS) is 11.7. The molecular weight excluding hydrogens is 667 g/mol. The molecular formula is C40H89N2O8P. The van der Waals surface area contributed by atoms with E-state index >= 15 is 0 Å². The van der Waals surface area contributed by atoms with Crippen molar-refractivity contribution in [2.45, 2.75) is 214 Å². The maximum absolute atomic E-state index is 9.76. The van der Waals surface area contributed by atoms with Crippen LogP contribution in [0.1, 0.15) is 202 Å². The van der Waals surface area contributed by atoms with Crippen molar-refractivity contribution in [3.63, 3.8) is 0 Å². The average Bonchev–Trinajstić information content (AvgIpc) is 3.07. The Morgan fingerprint density at radius 2 is 0.667 bits per heavy atom. The van der Waals surface area contributed by atoms with Crippen molar-refractivity contribution in [3.05, 3.63) is 0 Å². The topological polar surface area (TPSA) is 162 Å². The second-order valence-corrected chi connectivity index (χ2v) is 15.7. The van der Waals surface area contributed by atoms with Gasteiger partial charge in [0.05, 0.1) is 40.6 Å². The number of unbranched alkanes of at least 4 members (excludes halogenated alkanes) is 21. The van der Waals surface area contributed by atoms with Gasteiger partial charge in [-0.3, -0.25) is 0 Å². The number of rotatable bonds is 36. The number of hydrogen-bond donors (Lipinski definition) is 6. The predicted octanol–water partition coefficient (Wildman–Crippen LogP) is 5.44. The molecule has 0 aliphatic rings. The highest BCUT2D eigenvalue weighted by Gasteiger charge is 2.13. The van der Waals surface area contributed by atoms with Gasteiger partial charge in [-0.25, -0.2) is 0 Å². The summed E-state index contributed by atoms with van der Waals surface area (Å²) in [5.74, 6) is 0. The number of aliphatic hydroxyl groups excluding tert-OH is 2. The van der Waals surface area contributed by atoms with Crippen LogP contribution in [0.3, 0.4) is 0 Å². The summed E-state index contributed by atoms with van der Waals surface area (Å²) in [5, 5.41) is 36.8. The summed E-state index contributed by atoms with van der Waals surface area (Å²) in [6, 6.07) is 0. The van der Waals surface area contributed by atoms with Crippen molar-refractivity contribution in [1.82, 2.24) is 0 Å². The van der Waals surface area contributed by atoms with Crippen LogP contribution >= 0.6 is 7.82 Å². The zero-order chi connectivity index (χ0) is 38.9. The van der Waals surface area contributed by atoms with E-state index in [0.717, 1.165) is 32.6 Å². The number of aliphatic hydroxyl groups is 4. The summed E-state index contributed by atoms with van der Waals surface area (Å²) in [6.45, 7) is 16.2. The molecule has 0 rings (SSSR count). The standard InChI is InChI=1S/2C18H39NO2.C4H11O4P/c2*1-3-5-7-9-11-13-15-19(17-18(20)21)16-14-12-10-8-6-4-2;1-2-3-4-8-9(5,6)7/h2*18,20-21H,3-17H2,1-2H3;2-4H2,1H3,(H2,5,6,7). The maximum Gasteiger partial charge on any atom is 0.202 e. The quantitative estimate of drug-likeness (QED) is 0.0280. The largest absolute Gasteiger partial charge is 0.790 e. The van der Waals surface area contributed by atoms with Crippen LogP contribution in [0.2, 0.25) is 0 Å². The molecule has 0 aliphatic heterocycles. The molecule has 0 aromatic heterocycles. The Hall–Kier alpha value is -0.130. The summed E-state index contributed by atoms with van der Waals surface area (Å²) in [7, 11) is -4.70. The van der Waals surface area contributed by atoms with Gasteiger partial charge in [-0.1, -0.05) is 144 Å². The summed E-state index contributed by atoms with van der Waals surface area (Å²) >= 11 is 0. The Labute approximate surface area is 316 Å². The fraction of sp³-hybridized carbons (Fsp3) is 1.00. The van der Waals surface area contributed by atoms with Crippen molar-refractivity contribution in [3.8, 4) is 0 Å². The molecule has 0 saturated carbocycles. The molecule has 0 spiro atoms. The third-order valence-corrected chi connectivity index (χ3v) is 9.72. The smallest absolute Gasteiger partial charge is 0.202 e. The van der Waals surface area contributed by atoms with Crippen molar-refractivity contribution in [1.29, 1.82) is 0 Å². The number of phosphoric ester groups is 1. The molecule has 0 fully saturated rings. The first-order valence-electron chi connectivity index (χ1n) is 21.5. The van der Waals surface area contributed by atoms with Gasteiger partial charge in [0, 0.05) is 0 Å². The van der Waals surface area contributed by atoms with E-state index in [1.54, 1.807) is 0 Å². The molecule has 10 nitrogen and oxygen atoms in total. The lowest BCUT2D eigenvalue weighted by Gasteiger charge is -2.28. The van der Waals surface area contributed by atoms with Gasteiger partial charge >= 0.3 is 0 Å². The Morgan fingerprint density at radius 1 is 0.431 bits per heavy atom. The van der Waals surface area contributed by atoms with Crippen LogP contribution in [0.5, 0.6) is 0 Å². The van der Waals surface area contributed by atoms with Crippen molar-refractivity contribution < 1.29 is 49.1 Å². The molecule has 0 saturated heterocycles. The van der Waals surface area contributed by atoms with Crippen LogP contribution in [-0.2, 0) is 9.09 Å². The van der Waals surface area contributed by atoms with Crippen LogP contribution in [0.4, 0.5) is 0 Å². The fourth-order valence-corrected chi connectivity index (χ4v) is 6.47. The molecule has 0 heterocycles. The second-order valence-electron chi connectivity index (χ2n) is 14.6. The van der Waals surface area contributed by atoms with E-state index in [9.17, 15) is 34.8 Å². The highest BCUT2D eigenvalue weighted by atomic mass is 31.2.